The number of rotatable bonds is 14. The van der Waals surface area contributed by atoms with Crippen LogP contribution in [-0.2, 0) is 15.6 Å². The van der Waals surface area contributed by atoms with Crippen LogP contribution in [0.25, 0.3) is 22.3 Å². The highest BCUT2D eigenvalue weighted by Gasteiger charge is 2.30. The fourth-order valence-corrected chi connectivity index (χ4v) is 7.28. The van der Waals surface area contributed by atoms with Crippen LogP contribution in [0.2, 0.25) is 15.1 Å². The number of H-pyrrole nitrogens is 2. The van der Waals surface area contributed by atoms with Crippen LogP contribution in [-0.4, -0.2) is 38.7 Å². The number of hydrogen-bond donors (Lipinski definition) is 4. The van der Waals surface area contributed by atoms with E-state index in [1.54, 1.807) is 42.5 Å². The second-order valence-electron chi connectivity index (χ2n) is 15.2. The maximum atomic E-state index is 14.3. The molecule has 0 spiro atoms. The van der Waals surface area contributed by atoms with Crippen LogP contribution in [0.3, 0.4) is 0 Å². The first-order chi connectivity index (χ1) is 27.0. The van der Waals surface area contributed by atoms with Gasteiger partial charge in [0, 0.05) is 23.4 Å². The summed E-state index contributed by atoms with van der Waals surface area (Å²) in [5, 5.41) is 13.1. The van der Waals surface area contributed by atoms with E-state index < -0.39 is 17.2 Å². The van der Waals surface area contributed by atoms with Gasteiger partial charge >= 0.3 is 0 Å². The summed E-state index contributed by atoms with van der Waals surface area (Å²) in [5.41, 5.74) is 2.23. The number of carbonyl (C=O) groups is 1. The molecule has 0 fully saturated rings. The fraction of sp³-hybridized carbons (Fsp3) is 0.326. The molecule has 0 saturated carbocycles. The Morgan fingerprint density at radius 1 is 0.789 bits per heavy atom. The number of amides is 1. The summed E-state index contributed by atoms with van der Waals surface area (Å²) in [4.78, 5) is 41.8. The van der Waals surface area contributed by atoms with Crippen molar-refractivity contribution in [2.24, 2.45) is 0 Å². The lowest BCUT2D eigenvalue weighted by molar-refractivity contribution is -0.122. The van der Waals surface area contributed by atoms with Crippen LogP contribution in [0.15, 0.2) is 82.4 Å². The van der Waals surface area contributed by atoms with Gasteiger partial charge < -0.3 is 20.1 Å². The molecule has 6 rings (SSSR count). The van der Waals surface area contributed by atoms with E-state index in [0.29, 0.717) is 40.2 Å². The molecule has 300 valence electrons. The van der Waals surface area contributed by atoms with Gasteiger partial charge in [-0.15, -0.1) is 0 Å². The van der Waals surface area contributed by atoms with E-state index in [0.717, 1.165) is 27.8 Å². The van der Waals surface area contributed by atoms with Gasteiger partial charge in [0.2, 0.25) is 0 Å². The summed E-state index contributed by atoms with van der Waals surface area (Å²) in [6.07, 6.45) is 1.46. The Morgan fingerprint density at radius 3 is 2.09 bits per heavy atom. The predicted octanol–water partition coefficient (Wildman–Crippen LogP) is 10.7. The normalized spacial score (nSPS) is 12.5. The van der Waals surface area contributed by atoms with Crippen molar-refractivity contribution in [2.45, 2.75) is 84.7 Å². The second kappa shape index (κ2) is 16.4. The van der Waals surface area contributed by atoms with Crippen molar-refractivity contribution in [3.8, 4) is 22.9 Å². The van der Waals surface area contributed by atoms with Gasteiger partial charge in [-0.2, -0.15) is 0 Å². The Balaban J connectivity index is 1.36. The van der Waals surface area contributed by atoms with Crippen molar-refractivity contribution in [1.29, 1.82) is 0 Å². The highest BCUT2D eigenvalue weighted by Crippen LogP contribution is 2.40. The molecular weight excluding hydrogens is 787 g/mol. The first-order valence-electron chi connectivity index (χ1n) is 18.8. The molecule has 57 heavy (non-hydrogen) atoms. The summed E-state index contributed by atoms with van der Waals surface area (Å²) >= 11 is 20.0. The smallest absolute Gasteiger partial charge is 0.299 e. The second-order valence-corrected chi connectivity index (χ2v) is 16.4. The van der Waals surface area contributed by atoms with Gasteiger partial charge in [-0.05, 0) is 72.1 Å². The number of benzene rings is 4. The summed E-state index contributed by atoms with van der Waals surface area (Å²) in [5.74, 6) is 0.790. The summed E-state index contributed by atoms with van der Waals surface area (Å²) in [6.45, 7) is 15.0. The zero-order valence-corrected chi connectivity index (χ0v) is 35.5. The maximum Gasteiger partial charge on any atom is 0.299 e. The van der Waals surface area contributed by atoms with Crippen LogP contribution in [0.5, 0.6) is 11.5 Å². The highest BCUT2D eigenvalue weighted by atomic mass is 35.5. The van der Waals surface area contributed by atoms with Gasteiger partial charge in [0.1, 0.15) is 17.2 Å². The van der Waals surface area contributed by atoms with Crippen LogP contribution in [0, 0.1) is 0 Å². The number of halogens is 3. The molecule has 0 aliphatic carbocycles. The molecular formula is C43H47Cl3N6O5. The van der Waals surface area contributed by atoms with Crippen molar-refractivity contribution in [3.63, 3.8) is 0 Å². The number of carbonyl (C=O) groups excluding carboxylic acids is 1. The number of methoxy groups -OCH3 is 1. The topological polar surface area (TPSA) is 135 Å². The predicted molar refractivity (Wildman–Crippen MR) is 232 cm³/mol. The standard InChI is InChI=1S/C43H47Cl3N6O5/c1-9-34(57-35-19-16-24(42(4,5)10-2)20-28(35)43(6,7)11-3)39(53)47-25-17-18-29(44)33(21-25)48-38-37(52-40(54)27-14-12-13-15-32(27)49-52)41(55)51(50-38)36-30(45)22-26(56-8)23-31(36)46/h12-23,34,48-50H,9-11H2,1-8H3,(H,47,53). The van der Waals surface area contributed by atoms with Crippen molar-refractivity contribution < 1.29 is 14.3 Å². The Kier molecular flexibility index (Phi) is 12.0. The monoisotopic (exact) mass is 832 g/mol. The third-order valence-electron chi connectivity index (χ3n) is 10.8. The minimum Gasteiger partial charge on any atom is -0.497 e. The van der Waals surface area contributed by atoms with Crippen molar-refractivity contribution in [1.82, 2.24) is 19.6 Å². The molecule has 6 aromatic rings. The Bertz CT molecular complexity index is 2560. The number of anilines is 3. The zero-order valence-electron chi connectivity index (χ0n) is 33.2. The minimum atomic E-state index is -0.807. The lowest BCUT2D eigenvalue weighted by atomic mass is 9.76. The first kappa shape index (κ1) is 41.5. The van der Waals surface area contributed by atoms with Gasteiger partial charge in [0.05, 0.1) is 38.8 Å². The Morgan fingerprint density at radius 2 is 1.46 bits per heavy atom. The van der Waals surface area contributed by atoms with Gasteiger partial charge in [0.15, 0.2) is 17.6 Å². The molecule has 0 aliphatic rings. The van der Waals surface area contributed by atoms with E-state index >= 15 is 0 Å². The van der Waals surface area contributed by atoms with E-state index in [1.807, 2.05) is 13.0 Å². The number of hydrogen-bond acceptors (Lipinski definition) is 6. The third-order valence-corrected chi connectivity index (χ3v) is 11.7. The number of fused-ring (bicyclic) bond motifs is 1. The van der Waals surface area contributed by atoms with E-state index in [2.05, 4.69) is 74.5 Å². The molecule has 4 aromatic carbocycles. The lowest BCUT2D eigenvalue weighted by Crippen LogP contribution is -2.33. The van der Waals surface area contributed by atoms with Gasteiger partial charge in [-0.1, -0.05) is 108 Å². The molecule has 1 atom stereocenters. The molecule has 1 amide bonds. The molecule has 4 N–H and O–H groups in total. The average Bonchev–Trinajstić information content (AvgIpc) is 3.68. The van der Waals surface area contributed by atoms with E-state index in [9.17, 15) is 14.4 Å². The highest BCUT2D eigenvalue weighted by molar-refractivity contribution is 6.38. The number of nitrogens with one attached hydrogen (secondary N) is 4. The van der Waals surface area contributed by atoms with E-state index in [1.165, 1.54) is 24.8 Å². The molecule has 14 heteroatoms. The quantitative estimate of drug-likeness (QED) is 0.0863. The van der Waals surface area contributed by atoms with Crippen LogP contribution >= 0.6 is 34.8 Å². The molecule has 11 nitrogen and oxygen atoms in total. The molecule has 2 heterocycles. The molecule has 1 unspecified atom stereocenters. The summed E-state index contributed by atoms with van der Waals surface area (Å²) < 4.78 is 14.1. The maximum absolute atomic E-state index is 14.3. The molecule has 2 aromatic heterocycles. The van der Waals surface area contributed by atoms with Crippen molar-refractivity contribution in [2.75, 3.05) is 17.7 Å². The molecule has 0 saturated heterocycles. The minimum absolute atomic E-state index is 0.0172. The van der Waals surface area contributed by atoms with E-state index in [-0.39, 0.29) is 49.0 Å². The molecule has 0 radical (unpaired) electrons. The van der Waals surface area contributed by atoms with Gasteiger partial charge in [-0.25, -0.2) is 9.36 Å². The summed E-state index contributed by atoms with van der Waals surface area (Å²) in [6, 6.07) is 21.1. The Hall–Kier alpha value is -5.10. The Labute approximate surface area is 346 Å². The average molecular weight is 834 g/mol. The fourth-order valence-electron chi connectivity index (χ4n) is 6.48. The number of aromatic amines is 2. The zero-order chi connectivity index (χ0) is 41.4. The van der Waals surface area contributed by atoms with Crippen molar-refractivity contribution >= 4 is 68.8 Å². The third kappa shape index (κ3) is 8.19. The SMILES string of the molecule is CCC(Oc1ccc(C(C)(C)CC)cc1C(C)(C)CC)C(=O)Nc1ccc(Cl)c(Nc2[nH]n(-c3c(Cl)cc(OC)cc3Cl)c(=O)c2-n2[nH]c3ccccc3c2=O)c1. The van der Waals surface area contributed by atoms with E-state index in [4.69, 9.17) is 44.3 Å². The van der Waals surface area contributed by atoms with Gasteiger partial charge in [0.25, 0.3) is 17.0 Å². The number of para-hydroxylation sites is 1. The number of ether oxygens (including phenoxy) is 2. The van der Waals surface area contributed by atoms with Crippen LogP contribution in [0.1, 0.15) is 78.9 Å². The largest absolute Gasteiger partial charge is 0.497 e. The van der Waals surface area contributed by atoms with Crippen molar-refractivity contribution in [3.05, 3.63) is 120 Å². The number of nitrogens with zero attached hydrogens (tertiary/aromatic N) is 2. The van der Waals surface area contributed by atoms with Crippen LogP contribution in [0.4, 0.5) is 17.2 Å². The van der Waals surface area contributed by atoms with Crippen LogP contribution < -0.4 is 31.2 Å². The molecule has 0 aliphatic heterocycles. The molecule has 0 bridgehead atoms. The first-order valence-corrected chi connectivity index (χ1v) is 19.9. The van der Waals surface area contributed by atoms with Gasteiger partial charge in [-0.3, -0.25) is 24.6 Å². The summed E-state index contributed by atoms with van der Waals surface area (Å²) in [7, 11) is 1.47. The lowest BCUT2D eigenvalue weighted by Gasteiger charge is -2.31. The number of aromatic nitrogens is 4.